The molecule has 4 heteroatoms. The molecule has 1 aliphatic heterocycles. The van der Waals surface area contributed by atoms with Gasteiger partial charge in [0.2, 0.25) is 0 Å². The molecule has 0 fully saturated rings. The SMILES string of the molecule is CC1Cc2cc(NC=C(C#N)C#N)ccc2O1. The maximum Gasteiger partial charge on any atom is 0.145 e. The third-order valence-corrected chi connectivity index (χ3v) is 2.52. The van der Waals surface area contributed by atoms with E-state index in [2.05, 4.69) is 5.32 Å². The lowest BCUT2D eigenvalue weighted by molar-refractivity contribution is 0.254. The van der Waals surface area contributed by atoms with E-state index in [9.17, 15) is 0 Å². The molecule has 84 valence electrons. The van der Waals surface area contributed by atoms with E-state index in [-0.39, 0.29) is 11.7 Å². The first-order valence-corrected chi connectivity index (χ1v) is 5.29. The highest BCUT2D eigenvalue weighted by Gasteiger charge is 2.18. The number of ether oxygens (including phenoxy) is 1. The number of benzene rings is 1. The van der Waals surface area contributed by atoms with E-state index >= 15 is 0 Å². The second-order valence-corrected chi connectivity index (χ2v) is 3.88. The molecule has 0 amide bonds. The summed E-state index contributed by atoms with van der Waals surface area (Å²) in [7, 11) is 0. The minimum Gasteiger partial charge on any atom is -0.490 e. The predicted molar refractivity (Wildman–Crippen MR) is 63.2 cm³/mol. The minimum atomic E-state index is 0.0510. The van der Waals surface area contributed by atoms with Crippen LogP contribution in [0.15, 0.2) is 30.0 Å². The van der Waals surface area contributed by atoms with Crippen LogP contribution in [-0.2, 0) is 6.42 Å². The normalized spacial score (nSPS) is 16.1. The summed E-state index contributed by atoms with van der Waals surface area (Å²) in [4.78, 5) is 0. The van der Waals surface area contributed by atoms with Crippen LogP contribution in [0.1, 0.15) is 12.5 Å². The third kappa shape index (κ3) is 2.38. The molecular formula is C13H11N3O. The lowest BCUT2D eigenvalue weighted by Gasteiger charge is -2.04. The molecule has 0 bridgehead atoms. The number of nitrogens with one attached hydrogen (secondary N) is 1. The van der Waals surface area contributed by atoms with Gasteiger partial charge in [0.15, 0.2) is 0 Å². The summed E-state index contributed by atoms with van der Waals surface area (Å²) >= 11 is 0. The van der Waals surface area contributed by atoms with E-state index < -0.39 is 0 Å². The standard InChI is InChI=1S/C13H11N3O/c1-9-4-11-5-12(2-3-13(11)17-9)16-8-10(6-14)7-15/h2-3,5,8-9,16H,4H2,1H3. The van der Waals surface area contributed by atoms with E-state index in [1.807, 2.05) is 25.1 Å². The molecule has 1 atom stereocenters. The summed E-state index contributed by atoms with van der Waals surface area (Å²) in [6, 6.07) is 9.32. The number of hydrogen-bond acceptors (Lipinski definition) is 4. The summed E-state index contributed by atoms with van der Waals surface area (Å²) in [6.07, 6.45) is 2.50. The largest absolute Gasteiger partial charge is 0.490 e. The lowest BCUT2D eigenvalue weighted by atomic mass is 10.1. The van der Waals surface area contributed by atoms with Gasteiger partial charge in [-0.15, -0.1) is 0 Å². The molecule has 1 aromatic carbocycles. The third-order valence-electron chi connectivity index (χ3n) is 2.52. The second kappa shape index (κ2) is 4.59. The van der Waals surface area contributed by atoms with Crippen LogP contribution < -0.4 is 10.1 Å². The molecule has 0 radical (unpaired) electrons. The quantitative estimate of drug-likeness (QED) is 0.784. The van der Waals surface area contributed by atoms with Gasteiger partial charge in [0.05, 0.1) is 0 Å². The molecule has 1 N–H and O–H groups in total. The Morgan fingerprint density at radius 1 is 1.47 bits per heavy atom. The van der Waals surface area contributed by atoms with E-state index in [0.717, 1.165) is 23.4 Å². The Bertz CT molecular complexity index is 533. The zero-order valence-corrected chi connectivity index (χ0v) is 9.40. The number of nitriles is 2. The molecule has 4 nitrogen and oxygen atoms in total. The van der Waals surface area contributed by atoms with Crippen molar-refractivity contribution in [1.29, 1.82) is 10.5 Å². The van der Waals surface area contributed by atoms with Crippen LogP contribution in [0, 0.1) is 22.7 Å². The molecular weight excluding hydrogens is 214 g/mol. The van der Waals surface area contributed by atoms with Crippen LogP contribution in [-0.4, -0.2) is 6.10 Å². The molecule has 2 rings (SSSR count). The van der Waals surface area contributed by atoms with Gasteiger partial charge in [-0.2, -0.15) is 10.5 Å². The van der Waals surface area contributed by atoms with Gasteiger partial charge >= 0.3 is 0 Å². The number of fused-ring (bicyclic) bond motifs is 1. The Labute approximate surface area is 99.7 Å². The van der Waals surface area contributed by atoms with Crippen molar-refractivity contribution in [1.82, 2.24) is 0 Å². The van der Waals surface area contributed by atoms with Gasteiger partial charge in [0.1, 0.15) is 29.6 Å². The minimum absolute atomic E-state index is 0.0510. The van der Waals surface area contributed by atoms with Gasteiger partial charge in [-0.3, -0.25) is 0 Å². The van der Waals surface area contributed by atoms with Gasteiger partial charge in [0, 0.05) is 18.3 Å². The molecule has 1 heterocycles. The van der Waals surface area contributed by atoms with Crippen molar-refractivity contribution in [2.24, 2.45) is 0 Å². The number of anilines is 1. The van der Waals surface area contributed by atoms with Crippen LogP contribution >= 0.6 is 0 Å². The van der Waals surface area contributed by atoms with Crippen LogP contribution in [0.3, 0.4) is 0 Å². The predicted octanol–water partition coefficient (Wildman–Crippen LogP) is 2.35. The first-order valence-electron chi connectivity index (χ1n) is 5.29. The highest BCUT2D eigenvalue weighted by Crippen LogP contribution is 2.30. The van der Waals surface area contributed by atoms with Crippen molar-refractivity contribution in [3.63, 3.8) is 0 Å². The van der Waals surface area contributed by atoms with Gasteiger partial charge in [0.25, 0.3) is 0 Å². The maximum atomic E-state index is 8.59. The molecule has 1 unspecified atom stereocenters. The highest BCUT2D eigenvalue weighted by atomic mass is 16.5. The average molecular weight is 225 g/mol. The van der Waals surface area contributed by atoms with Gasteiger partial charge < -0.3 is 10.1 Å². The van der Waals surface area contributed by atoms with Crippen LogP contribution in [0.4, 0.5) is 5.69 Å². The smallest absolute Gasteiger partial charge is 0.145 e. The number of hydrogen-bond donors (Lipinski definition) is 1. The second-order valence-electron chi connectivity index (χ2n) is 3.88. The van der Waals surface area contributed by atoms with E-state index in [1.165, 1.54) is 6.20 Å². The Morgan fingerprint density at radius 2 is 2.24 bits per heavy atom. The van der Waals surface area contributed by atoms with Crippen molar-refractivity contribution in [2.45, 2.75) is 19.4 Å². The zero-order valence-electron chi connectivity index (χ0n) is 9.40. The first-order chi connectivity index (χ1) is 8.22. The van der Waals surface area contributed by atoms with Gasteiger partial charge in [-0.05, 0) is 30.7 Å². The topological polar surface area (TPSA) is 68.8 Å². The number of allylic oxidation sites excluding steroid dienone is 1. The summed E-state index contributed by atoms with van der Waals surface area (Å²) < 4.78 is 5.58. The fourth-order valence-corrected chi connectivity index (χ4v) is 1.76. The Hall–Kier alpha value is -2.46. The van der Waals surface area contributed by atoms with Crippen molar-refractivity contribution < 1.29 is 4.74 Å². The molecule has 0 saturated carbocycles. The van der Waals surface area contributed by atoms with Crippen LogP contribution in [0.5, 0.6) is 5.75 Å². The van der Waals surface area contributed by atoms with Crippen LogP contribution in [0.2, 0.25) is 0 Å². The lowest BCUT2D eigenvalue weighted by Crippen LogP contribution is -2.05. The number of rotatable bonds is 2. The molecule has 1 aliphatic rings. The zero-order chi connectivity index (χ0) is 12.3. The van der Waals surface area contributed by atoms with Gasteiger partial charge in [-0.1, -0.05) is 0 Å². The Morgan fingerprint density at radius 3 is 2.94 bits per heavy atom. The van der Waals surface area contributed by atoms with Crippen molar-refractivity contribution in [2.75, 3.05) is 5.32 Å². The van der Waals surface area contributed by atoms with Crippen molar-refractivity contribution in [3.05, 3.63) is 35.5 Å². The van der Waals surface area contributed by atoms with E-state index in [4.69, 9.17) is 15.3 Å². The highest BCUT2D eigenvalue weighted by molar-refractivity contribution is 5.55. The molecule has 0 saturated heterocycles. The van der Waals surface area contributed by atoms with E-state index in [0.29, 0.717) is 0 Å². The molecule has 17 heavy (non-hydrogen) atoms. The summed E-state index contributed by atoms with van der Waals surface area (Å²) in [5.41, 5.74) is 2.05. The van der Waals surface area contributed by atoms with E-state index in [1.54, 1.807) is 12.1 Å². The Balaban J connectivity index is 2.16. The molecule has 0 aromatic heterocycles. The first kappa shape index (κ1) is 11.0. The fourth-order valence-electron chi connectivity index (χ4n) is 1.76. The molecule has 0 aliphatic carbocycles. The van der Waals surface area contributed by atoms with Crippen LogP contribution in [0.25, 0.3) is 0 Å². The average Bonchev–Trinajstić information content (AvgIpc) is 2.69. The van der Waals surface area contributed by atoms with Crippen molar-refractivity contribution >= 4 is 5.69 Å². The fraction of sp³-hybridized carbons (Fsp3) is 0.231. The molecule has 0 spiro atoms. The number of nitrogens with zero attached hydrogens (tertiary/aromatic N) is 2. The van der Waals surface area contributed by atoms with Crippen molar-refractivity contribution in [3.8, 4) is 17.9 Å². The molecule has 1 aromatic rings. The summed E-state index contributed by atoms with van der Waals surface area (Å²) in [5.74, 6) is 0.910. The summed E-state index contributed by atoms with van der Waals surface area (Å²) in [6.45, 7) is 2.02. The monoisotopic (exact) mass is 225 g/mol. The Kier molecular flexibility index (Phi) is 2.98. The summed E-state index contributed by atoms with van der Waals surface area (Å²) in [5, 5.41) is 20.1. The van der Waals surface area contributed by atoms with Gasteiger partial charge in [-0.25, -0.2) is 0 Å². The maximum absolute atomic E-state index is 8.59.